The Bertz CT molecular complexity index is 734. The number of anilines is 2. The highest BCUT2D eigenvalue weighted by Gasteiger charge is 2.24. The summed E-state index contributed by atoms with van der Waals surface area (Å²) in [5, 5.41) is 15.5. The van der Waals surface area contributed by atoms with Crippen LogP contribution in [0.5, 0.6) is 0 Å². The zero-order valence-corrected chi connectivity index (χ0v) is 14.7. The van der Waals surface area contributed by atoms with Crippen molar-refractivity contribution in [2.45, 2.75) is 57.5 Å². The topological polar surface area (TPSA) is 107 Å². The first kappa shape index (κ1) is 16.3. The molecule has 4 rings (SSSR count). The maximum atomic E-state index is 5.94. The van der Waals surface area contributed by atoms with Gasteiger partial charge in [0, 0.05) is 24.6 Å². The molecule has 8 nitrogen and oxygen atoms in total. The minimum atomic E-state index is 0.0118. The molecule has 0 amide bonds. The van der Waals surface area contributed by atoms with E-state index >= 15 is 0 Å². The highest BCUT2D eigenvalue weighted by molar-refractivity contribution is 5.51. The van der Waals surface area contributed by atoms with E-state index in [-0.39, 0.29) is 6.04 Å². The normalized spacial score (nSPS) is 19.4. The van der Waals surface area contributed by atoms with E-state index in [4.69, 9.17) is 5.73 Å². The molecule has 1 aliphatic carbocycles. The van der Waals surface area contributed by atoms with E-state index in [0.29, 0.717) is 12.0 Å². The average molecular weight is 342 g/mol. The second kappa shape index (κ2) is 6.95. The third kappa shape index (κ3) is 3.30. The van der Waals surface area contributed by atoms with Gasteiger partial charge in [0.15, 0.2) is 5.82 Å². The lowest BCUT2D eigenvalue weighted by atomic mass is 10.1. The van der Waals surface area contributed by atoms with E-state index < -0.39 is 0 Å². The van der Waals surface area contributed by atoms with Gasteiger partial charge in [0.25, 0.3) is 0 Å². The Balaban J connectivity index is 1.60. The number of hydrogen-bond acceptors (Lipinski definition) is 7. The van der Waals surface area contributed by atoms with Crippen LogP contribution in [0.3, 0.4) is 0 Å². The maximum Gasteiger partial charge on any atom is 0.222 e. The van der Waals surface area contributed by atoms with Crippen molar-refractivity contribution in [2.24, 2.45) is 0 Å². The lowest BCUT2D eigenvalue weighted by molar-refractivity contribution is 0.487. The van der Waals surface area contributed by atoms with Crippen LogP contribution in [0.25, 0.3) is 0 Å². The molecule has 3 heterocycles. The third-order valence-corrected chi connectivity index (χ3v) is 5.26. The van der Waals surface area contributed by atoms with Gasteiger partial charge in [0.2, 0.25) is 5.95 Å². The molecular weight excluding hydrogens is 316 g/mol. The van der Waals surface area contributed by atoms with Gasteiger partial charge in [-0.2, -0.15) is 4.98 Å². The first-order chi connectivity index (χ1) is 12.2. The lowest BCUT2D eigenvalue weighted by Gasteiger charge is -2.21. The van der Waals surface area contributed by atoms with Crippen LogP contribution in [0.2, 0.25) is 0 Å². The Morgan fingerprint density at radius 3 is 2.88 bits per heavy atom. The Morgan fingerprint density at radius 1 is 1.24 bits per heavy atom. The molecule has 1 fully saturated rings. The number of nitrogen functional groups attached to an aromatic ring is 1. The Morgan fingerprint density at radius 2 is 2.04 bits per heavy atom. The Kier molecular flexibility index (Phi) is 4.52. The smallest absolute Gasteiger partial charge is 0.222 e. The maximum absolute atomic E-state index is 5.94. The van der Waals surface area contributed by atoms with E-state index in [1.165, 1.54) is 25.7 Å². The lowest BCUT2D eigenvalue weighted by Crippen LogP contribution is -2.19. The fraction of sp³-hybridized carbons (Fsp3) is 0.647. The molecule has 2 aromatic heterocycles. The monoisotopic (exact) mass is 342 g/mol. The molecule has 1 saturated carbocycles. The van der Waals surface area contributed by atoms with E-state index in [2.05, 4.69) is 42.3 Å². The molecule has 4 N–H and O–H groups in total. The molecule has 2 aliphatic rings. The first-order valence-electron chi connectivity index (χ1n) is 9.24. The predicted octanol–water partition coefficient (Wildman–Crippen LogP) is 1.63. The van der Waals surface area contributed by atoms with E-state index in [9.17, 15) is 0 Å². The summed E-state index contributed by atoms with van der Waals surface area (Å²) in [5.41, 5.74) is 8.15. The van der Waals surface area contributed by atoms with Crippen LogP contribution in [-0.2, 0) is 12.8 Å². The summed E-state index contributed by atoms with van der Waals surface area (Å²) >= 11 is 0. The molecule has 0 radical (unpaired) electrons. The molecule has 0 bridgehead atoms. The highest BCUT2D eigenvalue weighted by Crippen LogP contribution is 2.32. The minimum Gasteiger partial charge on any atom is -0.368 e. The van der Waals surface area contributed by atoms with Gasteiger partial charge in [-0.3, -0.25) is 0 Å². The minimum absolute atomic E-state index is 0.0118. The van der Waals surface area contributed by atoms with Crippen molar-refractivity contribution in [1.82, 2.24) is 30.0 Å². The Hall–Kier alpha value is -2.22. The summed E-state index contributed by atoms with van der Waals surface area (Å²) in [5.74, 6) is 2.12. The van der Waals surface area contributed by atoms with Crippen molar-refractivity contribution in [2.75, 3.05) is 24.1 Å². The molecule has 0 spiro atoms. The summed E-state index contributed by atoms with van der Waals surface area (Å²) in [7, 11) is 0. The van der Waals surface area contributed by atoms with Crippen LogP contribution >= 0.6 is 0 Å². The van der Waals surface area contributed by atoms with Crippen molar-refractivity contribution in [3.05, 3.63) is 23.4 Å². The summed E-state index contributed by atoms with van der Waals surface area (Å²) in [6.45, 7) is 3.96. The molecule has 1 atom stereocenters. The van der Waals surface area contributed by atoms with Crippen LogP contribution in [0.4, 0.5) is 11.8 Å². The highest BCUT2D eigenvalue weighted by atomic mass is 15.3. The molecule has 8 heteroatoms. The van der Waals surface area contributed by atoms with Crippen molar-refractivity contribution in [3.63, 3.8) is 0 Å². The van der Waals surface area contributed by atoms with Crippen LogP contribution in [0, 0.1) is 0 Å². The quantitative estimate of drug-likeness (QED) is 0.775. The molecule has 134 valence electrons. The summed E-state index contributed by atoms with van der Waals surface area (Å²) in [4.78, 5) is 8.91. The fourth-order valence-corrected chi connectivity index (χ4v) is 3.98. The number of nitrogens with zero attached hydrogens (tertiary/aromatic N) is 5. The number of nitrogens with two attached hydrogens (primary N) is 1. The van der Waals surface area contributed by atoms with Crippen molar-refractivity contribution >= 4 is 11.8 Å². The molecule has 2 aromatic rings. The van der Waals surface area contributed by atoms with Crippen molar-refractivity contribution < 1.29 is 0 Å². The second-order valence-electron chi connectivity index (χ2n) is 7.01. The van der Waals surface area contributed by atoms with Crippen molar-refractivity contribution in [1.29, 1.82) is 0 Å². The van der Waals surface area contributed by atoms with Gasteiger partial charge < -0.3 is 20.9 Å². The van der Waals surface area contributed by atoms with Crippen LogP contribution in [0.1, 0.15) is 61.8 Å². The first-order valence-corrected chi connectivity index (χ1v) is 9.24. The molecule has 1 aliphatic heterocycles. The molecule has 0 saturated heterocycles. The number of fused-ring (bicyclic) bond motifs is 1. The Labute approximate surface area is 147 Å². The van der Waals surface area contributed by atoms with E-state index in [1.54, 1.807) is 0 Å². The van der Waals surface area contributed by atoms with Gasteiger partial charge in [0.1, 0.15) is 12.1 Å². The zero-order chi connectivity index (χ0) is 17.2. The van der Waals surface area contributed by atoms with Gasteiger partial charge in [0.05, 0.1) is 11.7 Å². The number of aromatic nitrogens is 5. The van der Waals surface area contributed by atoms with E-state index in [0.717, 1.165) is 48.8 Å². The van der Waals surface area contributed by atoms with Gasteiger partial charge in [-0.15, -0.1) is 10.2 Å². The summed E-state index contributed by atoms with van der Waals surface area (Å²) in [6, 6.07) is 0.531. The van der Waals surface area contributed by atoms with Crippen molar-refractivity contribution in [3.8, 4) is 0 Å². The zero-order valence-electron chi connectivity index (χ0n) is 14.7. The van der Waals surface area contributed by atoms with Gasteiger partial charge >= 0.3 is 0 Å². The third-order valence-electron chi connectivity index (χ3n) is 5.26. The number of rotatable bonds is 4. The number of hydrogen-bond donors (Lipinski definition) is 3. The van der Waals surface area contributed by atoms with Gasteiger partial charge in [-0.1, -0.05) is 12.8 Å². The molecule has 25 heavy (non-hydrogen) atoms. The van der Waals surface area contributed by atoms with Gasteiger partial charge in [-0.25, -0.2) is 4.98 Å². The summed E-state index contributed by atoms with van der Waals surface area (Å²) < 4.78 is 2.23. The molecular formula is C17H26N8. The summed E-state index contributed by atoms with van der Waals surface area (Å²) in [6.07, 6.45) is 8.63. The molecule has 0 aromatic carbocycles. The second-order valence-corrected chi connectivity index (χ2v) is 7.01. The van der Waals surface area contributed by atoms with Crippen LogP contribution < -0.4 is 16.4 Å². The fourth-order valence-electron chi connectivity index (χ4n) is 3.98. The predicted molar refractivity (Wildman–Crippen MR) is 96.3 cm³/mol. The van der Waals surface area contributed by atoms with Crippen LogP contribution in [-0.4, -0.2) is 37.8 Å². The average Bonchev–Trinajstić information content (AvgIpc) is 3.22. The van der Waals surface area contributed by atoms with Crippen LogP contribution in [0.15, 0.2) is 6.33 Å². The van der Waals surface area contributed by atoms with E-state index in [1.807, 2.05) is 6.33 Å². The number of nitrogens with one attached hydrogen (secondary N) is 2. The van der Waals surface area contributed by atoms with Gasteiger partial charge in [-0.05, 0) is 32.7 Å². The SMILES string of the molecule is C[C@H](Nc1nc(N)nc2c1CCNCC2)c1nncn1C1CCCC1. The largest absolute Gasteiger partial charge is 0.368 e. The standard InChI is InChI=1S/C17H26N8/c1-11(16-24-20-10-25(16)12-4-2-3-5-12)21-15-13-6-8-19-9-7-14(13)22-17(18)23-15/h10-12,19H,2-9H2,1H3,(H3,18,21,22,23)/t11-/m0/s1. The molecule has 0 unspecified atom stereocenters.